The minimum absolute atomic E-state index is 0.102. The molecule has 8 nitrogen and oxygen atoms in total. The molecule has 1 aromatic heterocycles. The van der Waals surface area contributed by atoms with Crippen LogP contribution in [0.2, 0.25) is 0 Å². The van der Waals surface area contributed by atoms with Gasteiger partial charge in [0.2, 0.25) is 5.71 Å². The number of benzene rings is 3. The second-order valence-corrected chi connectivity index (χ2v) is 9.13. The van der Waals surface area contributed by atoms with Crippen LogP contribution < -0.4 is 5.32 Å². The fourth-order valence-electron chi connectivity index (χ4n) is 4.00. The van der Waals surface area contributed by atoms with E-state index in [4.69, 9.17) is 9.94 Å². The van der Waals surface area contributed by atoms with Crippen molar-refractivity contribution in [1.82, 2.24) is 4.98 Å². The lowest BCUT2D eigenvalue weighted by Gasteiger charge is -2.36. The Morgan fingerprint density at radius 2 is 1.41 bits per heavy atom. The summed E-state index contributed by atoms with van der Waals surface area (Å²) in [5, 5.41) is 28.0. The summed E-state index contributed by atoms with van der Waals surface area (Å²) in [4.78, 5) is 32.4. The molecule has 1 heterocycles. The molecule has 0 spiro atoms. The standard InChI is InChI=1S/C28H25N3O5S/c1-19(17-24(32)33)36-31-25(26(34)35)23-18-37-27(29-23)30-28(20-11-5-2-6-12-20,21-13-7-3-8-14-21)22-15-9-4-10-16-22/h2-16,18-19H,17H2,1H3,(H,29,30)(H,32,33)(H,34,35). The minimum atomic E-state index is -1.33. The quantitative estimate of drug-likeness (QED) is 0.142. The first-order valence-electron chi connectivity index (χ1n) is 11.5. The number of nitrogens with zero attached hydrogens (tertiary/aromatic N) is 2. The number of thiazole rings is 1. The molecule has 9 heteroatoms. The van der Waals surface area contributed by atoms with E-state index in [1.54, 1.807) is 5.38 Å². The van der Waals surface area contributed by atoms with Crippen molar-refractivity contribution < 1.29 is 24.6 Å². The monoisotopic (exact) mass is 515 g/mol. The minimum Gasteiger partial charge on any atom is -0.481 e. The maximum Gasteiger partial charge on any atom is 0.360 e. The van der Waals surface area contributed by atoms with E-state index in [2.05, 4.69) is 15.5 Å². The molecule has 4 rings (SSSR count). The summed E-state index contributed by atoms with van der Waals surface area (Å²) in [6.45, 7) is 1.50. The van der Waals surface area contributed by atoms with Crippen LogP contribution in [0.1, 0.15) is 35.7 Å². The van der Waals surface area contributed by atoms with Gasteiger partial charge in [-0.2, -0.15) is 0 Å². The highest BCUT2D eigenvalue weighted by atomic mass is 32.1. The van der Waals surface area contributed by atoms with Crippen LogP contribution in [0.15, 0.2) is 102 Å². The van der Waals surface area contributed by atoms with E-state index in [0.29, 0.717) is 5.13 Å². The predicted molar refractivity (Wildman–Crippen MR) is 142 cm³/mol. The summed E-state index contributed by atoms with van der Waals surface area (Å²) in [5.74, 6) is -2.40. The first kappa shape index (κ1) is 25.6. The molecule has 0 saturated carbocycles. The van der Waals surface area contributed by atoms with Crippen molar-refractivity contribution in [3.8, 4) is 0 Å². The van der Waals surface area contributed by atoms with E-state index >= 15 is 0 Å². The maximum atomic E-state index is 11.9. The molecule has 0 saturated heterocycles. The lowest BCUT2D eigenvalue weighted by atomic mass is 9.77. The maximum absolute atomic E-state index is 11.9. The van der Waals surface area contributed by atoms with E-state index in [-0.39, 0.29) is 12.1 Å². The van der Waals surface area contributed by atoms with Gasteiger partial charge < -0.3 is 20.4 Å². The van der Waals surface area contributed by atoms with Crippen LogP contribution >= 0.6 is 11.3 Å². The Balaban J connectivity index is 1.78. The molecule has 0 radical (unpaired) electrons. The number of carboxylic acids is 2. The highest BCUT2D eigenvalue weighted by molar-refractivity contribution is 7.14. The molecule has 0 amide bonds. The highest BCUT2D eigenvalue weighted by Gasteiger charge is 2.37. The Morgan fingerprint density at radius 3 is 1.84 bits per heavy atom. The smallest absolute Gasteiger partial charge is 0.360 e. The molecule has 0 aliphatic rings. The van der Waals surface area contributed by atoms with Crippen molar-refractivity contribution in [3.05, 3.63) is 119 Å². The van der Waals surface area contributed by atoms with E-state index in [1.807, 2.05) is 91.0 Å². The molecule has 37 heavy (non-hydrogen) atoms. The second-order valence-electron chi connectivity index (χ2n) is 8.27. The molecular formula is C28H25N3O5S. The van der Waals surface area contributed by atoms with E-state index in [9.17, 15) is 14.7 Å². The number of aliphatic carboxylic acids is 2. The number of nitrogens with one attached hydrogen (secondary N) is 1. The number of hydrogen-bond acceptors (Lipinski definition) is 7. The van der Waals surface area contributed by atoms with Gasteiger partial charge in [0.15, 0.2) is 5.13 Å². The molecule has 188 valence electrons. The van der Waals surface area contributed by atoms with Crippen LogP contribution in [0.5, 0.6) is 0 Å². The number of oxime groups is 1. The second kappa shape index (κ2) is 11.5. The van der Waals surface area contributed by atoms with Crippen LogP contribution in [0.25, 0.3) is 0 Å². The molecule has 0 aliphatic heterocycles. The molecular weight excluding hydrogens is 490 g/mol. The molecule has 1 unspecified atom stereocenters. The molecule has 0 bridgehead atoms. The van der Waals surface area contributed by atoms with Gasteiger partial charge in [-0.15, -0.1) is 11.3 Å². The van der Waals surface area contributed by atoms with Gasteiger partial charge in [-0.25, -0.2) is 9.78 Å². The summed E-state index contributed by atoms with van der Waals surface area (Å²) in [6.07, 6.45) is -1.11. The third-order valence-corrected chi connectivity index (χ3v) is 6.41. The Morgan fingerprint density at radius 1 is 0.919 bits per heavy atom. The van der Waals surface area contributed by atoms with E-state index in [1.165, 1.54) is 18.3 Å². The SMILES string of the molecule is CC(CC(=O)O)ON=C(C(=O)O)c1csc(NC(c2ccccc2)(c2ccccc2)c2ccccc2)n1. The Bertz CT molecular complexity index is 1280. The molecule has 1 atom stereocenters. The van der Waals surface area contributed by atoms with Crippen LogP contribution in [0, 0.1) is 0 Å². The first-order chi connectivity index (χ1) is 17.9. The van der Waals surface area contributed by atoms with Gasteiger partial charge in [-0.3, -0.25) is 4.79 Å². The molecule has 3 aromatic carbocycles. The van der Waals surface area contributed by atoms with Gasteiger partial charge in [-0.05, 0) is 23.6 Å². The fourth-order valence-corrected chi connectivity index (χ4v) is 4.75. The number of anilines is 1. The average molecular weight is 516 g/mol. The van der Waals surface area contributed by atoms with E-state index < -0.39 is 29.3 Å². The Labute approximate surface area is 217 Å². The van der Waals surface area contributed by atoms with Crippen molar-refractivity contribution in [2.24, 2.45) is 5.16 Å². The third kappa shape index (κ3) is 5.84. The van der Waals surface area contributed by atoms with Crippen LogP contribution in [-0.2, 0) is 20.0 Å². The molecule has 4 aromatic rings. The zero-order valence-electron chi connectivity index (χ0n) is 19.9. The largest absolute Gasteiger partial charge is 0.481 e. The Hall–Kier alpha value is -4.50. The van der Waals surface area contributed by atoms with Crippen LogP contribution in [0.3, 0.4) is 0 Å². The van der Waals surface area contributed by atoms with Gasteiger partial charge in [0, 0.05) is 5.38 Å². The lowest BCUT2D eigenvalue weighted by molar-refractivity contribution is -0.139. The number of carbonyl (C=O) groups is 2. The van der Waals surface area contributed by atoms with E-state index in [0.717, 1.165) is 16.7 Å². The number of hydrogen-bond donors (Lipinski definition) is 3. The Kier molecular flexibility index (Phi) is 7.95. The topological polar surface area (TPSA) is 121 Å². The van der Waals surface area contributed by atoms with Crippen molar-refractivity contribution in [3.63, 3.8) is 0 Å². The summed E-state index contributed by atoms with van der Waals surface area (Å²) in [7, 11) is 0. The zero-order chi connectivity index (χ0) is 26.3. The number of aromatic nitrogens is 1. The summed E-state index contributed by atoms with van der Waals surface area (Å²) >= 11 is 1.24. The van der Waals surface area contributed by atoms with Crippen LogP contribution in [-0.4, -0.2) is 39.0 Å². The summed E-state index contributed by atoms with van der Waals surface area (Å²) in [5.41, 5.74) is 1.79. The van der Waals surface area contributed by atoms with Gasteiger partial charge in [0.25, 0.3) is 0 Å². The highest BCUT2D eigenvalue weighted by Crippen LogP contribution is 2.40. The predicted octanol–water partition coefficient (Wildman–Crippen LogP) is 5.22. The van der Waals surface area contributed by atoms with Crippen molar-refractivity contribution in [2.75, 3.05) is 5.32 Å². The van der Waals surface area contributed by atoms with Crippen molar-refractivity contribution >= 4 is 34.1 Å². The molecule has 0 fully saturated rings. The van der Waals surface area contributed by atoms with Gasteiger partial charge >= 0.3 is 11.9 Å². The fraction of sp³-hybridized carbons (Fsp3) is 0.143. The summed E-state index contributed by atoms with van der Waals surface area (Å²) < 4.78 is 0. The third-order valence-electron chi connectivity index (χ3n) is 5.65. The zero-order valence-corrected chi connectivity index (χ0v) is 20.8. The molecule has 0 aliphatic carbocycles. The summed E-state index contributed by atoms with van der Waals surface area (Å²) in [6, 6.07) is 29.8. The number of rotatable bonds is 11. The first-order valence-corrected chi connectivity index (χ1v) is 12.4. The molecule has 3 N–H and O–H groups in total. The van der Waals surface area contributed by atoms with Crippen LogP contribution in [0.4, 0.5) is 5.13 Å². The van der Waals surface area contributed by atoms with Gasteiger partial charge in [-0.1, -0.05) is 96.2 Å². The normalized spacial score (nSPS) is 12.5. The van der Waals surface area contributed by atoms with Crippen molar-refractivity contribution in [2.45, 2.75) is 25.0 Å². The lowest BCUT2D eigenvalue weighted by Crippen LogP contribution is -2.38. The van der Waals surface area contributed by atoms with Gasteiger partial charge in [0.1, 0.15) is 17.3 Å². The average Bonchev–Trinajstić information content (AvgIpc) is 3.36. The number of carboxylic acid groups (broad SMARTS) is 2. The van der Waals surface area contributed by atoms with Gasteiger partial charge in [0.05, 0.1) is 6.42 Å². The van der Waals surface area contributed by atoms with Crippen molar-refractivity contribution in [1.29, 1.82) is 0 Å².